The SMILES string of the molecule is CC(C)(C)OCC1CCC2(CC1)CC2. The van der Waals surface area contributed by atoms with Crippen molar-refractivity contribution in [1.82, 2.24) is 0 Å². The van der Waals surface area contributed by atoms with Crippen LogP contribution >= 0.6 is 0 Å². The molecule has 2 fully saturated rings. The average molecular weight is 196 g/mol. The molecule has 0 saturated heterocycles. The summed E-state index contributed by atoms with van der Waals surface area (Å²) in [6, 6.07) is 0. The smallest absolute Gasteiger partial charge is 0.0598 e. The number of hydrogen-bond acceptors (Lipinski definition) is 1. The van der Waals surface area contributed by atoms with E-state index in [9.17, 15) is 0 Å². The first-order chi connectivity index (χ1) is 6.49. The minimum absolute atomic E-state index is 0.0503. The van der Waals surface area contributed by atoms with Gasteiger partial charge in [-0.3, -0.25) is 0 Å². The summed E-state index contributed by atoms with van der Waals surface area (Å²) in [5, 5.41) is 0. The third kappa shape index (κ3) is 2.73. The predicted molar refractivity (Wildman–Crippen MR) is 59.3 cm³/mol. The molecule has 0 aliphatic heterocycles. The fourth-order valence-electron chi connectivity index (χ4n) is 2.50. The molecule has 0 atom stereocenters. The van der Waals surface area contributed by atoms with Gasteiger partial charge in [-0.25, -0.2) is 0 Å². The van der Waals surface area contributed by atoms with E-state index in [0.29, 0.717) is 0 Å². The second-order valence-electron chi connectivity index (χ2n) is 6.37. The zero-order valence-electron chi connectivity index (χ0n) is 9.94. The van der Waals surface area contributed by atoms with Crippen molar-refractivity contribution in [3.63, 3.8) is 0 Å². The first-order valence-corrected chi connectivity index (χ1v) is 6.13. The molecule has 2 aliphatic carbocycles. The Morgan fingerprint density at radius 1 is 1.07 bits per heavy atom. The van der Waals surface area contributed by atoms with Gasteiger partial charge in [0.15, 0.2) is 0 Å². The first-order valence-electron chi connectivity index (χ1n) is 6.13. The third-order valence-corrected chi connectivity index (χ3v) is 3.87. The Morgan fingerprint density at radius 2 is 1.64 bits per heavy atom. The minimum Gasteiger partial charge on any atom is -0.376 e. The number of ether oxygens (including phenoxy) is 1. The molecule has 0 N–H and O–H groups in total. The van der Waals surface area contributed by atoms with Gasteiger partial charge < -0.3 is 4.74 Å². The highest BCUT2D eigenvalue weighted by Gasteiger charge is 2.44. The van der Waals surface area contributed by atoms with Gasteiger partial charge in [0.1, 0.15) is 0 Å². The van der Waals surface area contributed by atoms with Crippen LogP contribution in [-0.4, -0.2) is 12.2 Å². The van der Waals surface area contributed by atoms with Crippen molar-refractivity contribution < 1.29 is 4.74 Å². The maximum Gasteiger partial charge on any atom is 0.0598 e. The quantitative estimate of drug-likeness (QED) is 0.653. The number of rotatable bonds is 2. The minimum atomic E-state index is 0.0503. The normalized spacial score (nSPS) is 26.8. The van der Waals surface area contributed by atoms with Gasteiger partial charge in [-0.2, -0.15) is 0 Å². The van der Waals surface area contributed by atoms with Gasteiger partial charge in [0.05, 0.1) is 12.2 Å². The Morgan fingerprint density at radius 3 is 2.07 bits per heavy atom. The highest BCUT2D eigenvalue weighted by molar-refractivity contribution is 4.96. The van der Waals surface area contributed by atoms with Crippen molar-refractivity contribution in [2.24, 2.45) is 11.3 Å². The summed E-state index contributed by atoms with van der Waals surface area (Å²) >= 11 is 0. The topological polar surface area (TPSA) is 9.23 Å². The van der Waals surface area contributed by atoms with Crippen molar-refractivity contribution in [2.45, 2.75) is 64.9 Å². The largest absolute Gasteiger partial charge is 0.376 e. The van der Waals surface area contributed by atoms with E-state index in [1.165, 1.54) is 38.5 Å². The van der Waals surface area contributed by atoms with E-state index in [2.05, 4.69) is 20.8 Å². The molecule has 0 heterocycles. The standard InChI is InChI=1S/C13H24O/c1-12(2,3)14-10-11-4-6-13(7-5-11)8-9-13/h11H,4-10H2,1-3H3. The van der Waals surface area contributed by atoms with Crippen molar-refractivity contribution in [3.8, 4) is 0 Å². The highest BCUT2D eigenvalue weighted by atomic mass is 16.5. The predicted octanol–water partition coefficient (Wildman–Crippen LogP) is 3.77. The molecule has 0 radical (unpaired) electrons. The van der Waals surface area contributed by atoms with Crippen LogP contribution < -0.4 is 0 Å². The first kappa shape index (κ1) is 10.5. The lowest BCUT2D eigenvalue weighted by Gasteiger charge is -2.30. The van der Waals surface area contributed by atoms with Crippen LogP contribution in [-0.2, 0) is 4.74 Å². The Labute approximate surface area is 88.2 Å². The maximum absolute atomic E-state index is 5.86. The van der Waals surface area contributed by atoms with Crippen molar-refractivity contribution >= 4 is 0 Å². The monoisotopic (exact) mass is 196 g/mol. The van der Waals surface area contributed by atoms with E-state index >= 15 is 0 Å². The Bertz CT molecular complexity index is 188. The molecule has 2 saturated carbocycles. The van der Waals surface area contributed by atoms with Crippen molar-refractivity contribution in [3.05, 3.63) is 0 Å². The van der Waals surface area contributed by atoms with Crippen LogP contribution in [0.5, 0.6) is 0 Å². The van der Waals surface area contributed by atoms with E-state index in [1.807, 2.05) is 0 Å². The molecule has 0 aromatic rings. The molecule has 1 heteroatoms. The zero-order valence-corrected chi connectivity index (χ0v) is 9.94. The molecule has 0 bridgehead atoms. The van der Waals surface area contributed by atoms with E-state index < -0.39 is 0 Å². The summed E-state index contributed by atoms with van der Waals surface area (Å²) in [7, 11) is 0. The summed E-state index contributed by atoms with van der Waals surface area (Å²) in [4.78, 5) is 0. The second kappa shape index (κ2) is 3.52. The van der Waals surface area contributed by atoms with Crippen LogP contribution in [0.15, 0.2) is 0 Å². The maximum atomic E-state index is 5.86. The number of hydrogen-bond donors (Lipinski definition) is 0. The molecule has 1 nitrogen and oxygen atoms in total. The third-order valence-electron chi connectivity index (χ3n) is 3.87. The van der Waals surface area contributed by atoms with E-state index in [-0.39, 0.29) is 5.60 Å². The van der Waals surface area contributed by atoms with E-state index in [0.717, 1.165) is 17.9 Å². The summed E-state index contributed by atoms with van der Waals surface area (Å²) in [5.74, 6) is 0.848. The molecular weight excluding hydrogens is 172 g/mol. The zero-order chi connectivity index (χ0) is 10.2. The Kier molecular flexibility index (Phi) is 2.63. The molecular formula is C13H24O. The van der Waals surface area contributed by atoms with Crippen LogP contribution in [0, 0.1) is 11.3 Å². The van der Waals surface area contributed by atoms with Crippen LogP contribution in [0.2, 0.25) is 0 Å². The molecule has 14 heavy (non-hydrogen) atoms. The fourth-order valence-corrected chi connectivity index (χ4v) is 2.50. The lowest BCUT2D eigenvalue weighted by Crippen LogP contribution is -2.26. The van der Waals surface area contributed by atoms with Crippen molar-refractivity contribution in [2.75, 3.05) is 6.61 Å². The molecule has 0 aromatic heterocycles. The summed E-state index contributed by atoms with van der Waals surface area (Å²) in [5.41, 5.74) is 0.882. The van der Waals surface area contributed by atoms with Gasteiger partial charge in [-0.15, -0.1) is 0 Å². The fraction of sp³-hybridized carbons (Fsp3) is 1.00. The lowest BCUT2D eigenvalue weighted by atomic mass is 9.80. The molecule has 82 valence electrons. The van der Waals surface area contributed by atoms with Gasteiger partial charge in [0.2, 0.25) is 0 Å². The van der Waals surface area contributed by atoms with Crippen LogP contribution in [0.25, 0.3) is 0 Å². The van der Waals surface area contributed by atoms with Crippen LogP contribution in [0.4, 0.5) is 0 Å². The van der Waals surface area contributed by atoms with E-state index in [1.54, 1.807) is 0 Å². The molecule has 0 amide bonds. The van der Waals surface area contributed by atoms with Gasteiger partial charge in [0, 0.05) is 0 Å². The van der Waals surface area contributed by atoms with Crippen LogP contribution in [0.1, 0.15) is 59.3 Å². The average Bonchev–Trinajstić information content (AvgIpc) is 2.83. The van der Waals surface area contributed by atoms with Crippen molar-refractivity contribution in [1.29, 1.82) is 0 Å². The lowest BCUT2D eigenvalue weighted by molar-refractivity contribution is -0.0309. The van der Waals surface area contributed by atoms with Gasteiger partial charge in [0.25, 0.3) is 0 Å². The summed E-state index contributed by atoms with van der Waals surface area (Å²) in [6.07, 6.45) is 8.81. The second-order valence-corrected chi connectivity index (χ2v) is 6.37. The Balaban J connectivity index is 1.68. The molecule has 1 spiro atoms. The summed E-state index contributed by atoms with van der Waals surface area (Å²) < 4.78 is 5.86. The molecule has 0 aromatic carbocycles. The molecule has 2 aliphatic rings. The van der Waals surface area contributed by atoms with E-state index in [4.69, 9.17) is 4.74 Å². The Hall–Kier alpha value is -0.0400. The van der Waals surface area contributed by atoms with Gasteiger partial charge in [-0.1, -0.05) is 0 Å². The van der Waals surface area contributed by atoms with Gasteiger partial charge >= 0.3 is 0 Å². The molecule has 0 unspecified atom stereocenters. The van der Waals surface area contributed by atoms with Crippen LogP contribution in [0.3, 0.4) is 0 Å². The highest BCUT2D eigenvalue weighted by Crippen LogP contribution is 2.57. The summed E-state index contributed by atoms with van der Waals surface area (Å²) in [6.45, 7) is 7.44. The van der Waals surface area contributed by atoms with Gasteiger partial charge in [-0.05, 0) is 70.6 Å². The molecule has 2 rings (SSSR count).